The van der Waals surface area contributed by atoms with Crippen LogP contribution in [-0.2, 0) is 0 Å². The van der Waals surface area contributed by atoms with Gasteiger partial charge < -0.3 is 25.7 Å². The second kappa shape index (κ2) is 5.00. The van der Waals surface area contributed by atoms with Gasteiger partial charge in [-0.3, -0.25) is 4.79 Å². The Hall–Kier alpha value is -2.89. The lowest BCUT2D eigenvalue weighted by atomic mass is 10.1. The van der Waals surface area contributed by atoms with Crippen LogP contribution in [0.25, 0.3) is 0 Å². The summed E-state index contributed by atoms with van der Waals surface area (Å²) in [6, 6.07) is 6.73. The molecule has 0 atom stereocenters. The predicted molar refractivity (Wildman–Crippen MR) is 72.2 cm³/mol. The molecule has 0 bridgehead atoms. The standard InChI is InChI=1S/C14H13NO5/c1-7-2-3-10(16)9(4-7)14(20)15-8-5-11(17)13(19)12(18)6-8/h2-6,16-19H,1H3,(H,15,20). The molecule has 0 saturated heterocycles. The van der Waals surface area contributed by atoms with Gasteiger partial charge in [0, 0.05) is 17.8 Å². The first-order valence-corrected chi connectivity index (χ1v) is 5.74. The highest BCUT2D eigenvalue weighted by atomic mass is 16.3. The van der Waals surface area contributed by atoms with E-state index in [0.29, 0.717) is 0 Å². The first-order chi connectivity index (χ1) is 9.38. The topological polar surface area (TPSA) is 110 Å². The Morgan fingerprint density at radius 3 is 2.15 bits per heavy atom. The van der Waals surface area contributed by atoms with E-state index in [1.807, 2.05) is 0 Å². The summed E-state index contributed by atoms with van der Waals surface area (Å²) in [5.74, 6) is -2.57. The van der Waals surface area contributed by atoms with Crippen LogP contribution in [0, 0.1) is 6.92 Å². The first kappa shape index (κ1) is 13.5. The van der Waals surface area contributed by atoms with Crippen molar-refractivity contribution in [1.82, 2.24) is 0 Å². The molecule has 0 aromatic heterocycles. The van der Waals surface area contributed by atoms with Crippen LogP contribution in [0.2, 0.25) is 0 Å². The molecule has 0 aliphatic heterocycles. The maximum atomic E-state index is 12.0. The third-order valence-corrected chi connectivity index (χ3v) is 2.72. The summed E-state index contributed by atoms with van der Waals surface area (Å²) in [4.78, 5) is 12.0. The fraction of sp³-hybridized carbons (Fsp3) is 0.0714. The van der Waals surface area contributed by atoms with Crippen molar-refractivity contribution in [3.63, 3.8) is 0 Å². The van der Waals surface area contributed by atoms with Gasteiger partial charge >= 0.3 is 0 Å². The highest BCUT2D eigenvalue weighted by Crippen LogP contribution is 2.37. The molecule has 2 aromatic carbocycles. The van der Waals surface area contributed by atoms with Gasteiger partial charge in [-0.1, -0.05) is 11.6 Å². The molecule has 2 rings (SSSR count). The number of carbonyl (C=O) groups excluding carboxylic acids is 1. The molecule has 0 fully saturated rings. The molecule has 0 unspecified atom stereocenters. The van der Waals surface area contributed by atoms with Gasteiger partial charge in [-0.25, -0.2) is 0 Å². The van der Waals surface area contributed by atoms with Crippen molar-refractivity contribution in [1.29, 1.82) is 0 Å². The lowest BCUT2D eigenvalue weighted by molar-refractivity contribution is 0.102. The Kier molecular flexibility index (Phi) is 3.39. The molecule has 5 N–H and O–H groups in total. The lowest BCUT2D eigenvalue weighted by Crippen LogP contribution is -2.12. The van der Waals surface area contributed by atoms with E-state index in [1.54, 1.807) is 13.0 Å². The van der Waals surface area contributed by atoms with Gasteiger partial charge in [0.2, 0.25) is 0 Å². The summed E-state index contributed by atoms with van der Waals surface area (Å²) in [5.41, 5.74) is 0.949. The molecule has 1 amide bonds. The van der Waals surface area contributed by atoms with Crippen LogP contribution in [0.5, 0.6) is 23.0 Å². The van der Waals surface area contributed by atoms with E-state index < -0.39 is 23.2 Å². The lowest BCUT2D eigenvalue weighted by Gasteiger charge is -2.09. The minimum absolute atomic E-state index is 0.0667. The van der Waals surface area contributed by atoms with Crippen LogP contribution in [0.3, 0.4) is 0 Å². The fourth-order valence-corrected chi connectivity index (χ4v) is 1.71. The first-order valence-electron chi connectivity index (χ1n) is 5.74. The molecule has 6 heteroatoms. The monoisotopic (exact) mass is 275 g/mol. The van der Waals surface area contributed by atoms with Gasteiger partial charge in [-0.2, -0.15) is 0 Å². The Balaban J connectivity index is 2.30. The van der Waals surface area contributed by atoms with Crippen molar-refractivity contribution >= 4 is 11.6 Å². The number of phenols is 4. The molecule has 0 radical (unpaired) electrons. The zero-order valence-electron chi connectivity index (χ0n) is 10.6. The van der Waals surface area contributed by atoms with E-state index in [9.17, 15) is 25.2 Å². The summed E-state index contributed by atoms with van der Waals surface area (Å²) in [6.45, 7) is 1.77. The molecule has 0 aliphatic carbocycles. The molecule has 0 saturated carbocycles. The number of benzene rings is 2. The maximum absolute atomic E-state index is 12.0. The highest BCUT2D eigenvalue weighted by molar-refractivity contribution is 6.06. The third kappa shape index (κ3) is 2.59. The molecule has 0 aliphatic rings. The van der Waals surface area contributed by atoms with Gasteiger partial charge in [-0.05, 0) is 19.1 Å². The summed E-state index contributed by atoms with van der Waals surface area (Å²) >= 11 is 0. The summed E-state index contributed by atoms with van der Waals surface area (Å²) in [5, 5.41) is 40.0. The average Bonchev–Trinajstić information content (AvgIpc) is 2.38. The van der Waals surface area contributed by atoms with Crippen molar-refractivity contribution < 1.29 is 25.2 Å². The number of hydrogen-bond acceptors (Lipinski definition) is 5. The van der Waals surface area contributed by atoms with Crippen molar-refractivity contribution in [3.05, 3.63) is 41.5 Å². The Bertz CT molecular complexity index is 658. The molecule has 2 aromatic rings. The van der Waals surface area contributed by atoms with E-state index in [-0.39, 0.29) is 17.0 Å². The van der Waals surface area contributed by atoms with E-state index in [2.05, 4.69) is 5.32 Å². The highest BCUT2D eigenvalue weighted by Gasteiger charge is 2.14. The fourth-order valence-electron chi connectivity index (χ4n) is 1.71. The van der Waals surface area contributed by atoms with E-state index >= 15 is 0 Å². The molecule has 0 spiro atoms. The van der Waals surface area contributed by atoms with Crippen LogP contribution in [0.15, 0.2) is 30.3 Å². The summed E-state index contributed by atoms with van der Waals surface area (Å²) in [6.07, 6.45) is 0. The predicted octanol–water partition coefficient (Wildman–Crippen LogP) is 2.07. The number of nitrogens with one attached hydrogen (secondary N) is 1. The zero-order chi connectivity index (χ0) is 14.9. The summed E-state index contributed by atoms with van der Waals surface area (Å²) in [7, 11) is 0. The number of rotatable bonds is 2. The van der Waals surface area contributed by atoms with Crippen molar-refractivity contribution in [3.8, 4) is 23.0 Å². The van der Waals surface area contributed by atoms with Gasteiger partial charge in [0.05, 0.1) is 5.56 Å². The normalized spacial score (nSPS) is 10.2. The number of aryl methyl sites for hydroxylation is 1. The minimum Gasteiger partial charge on any atom is -0.507 e. The zero-order valence-corrected chi connectivity index (χ0v) is 10.6. The molecule has 0 heterocycles. The molecular formula is C14H13NO5. The number of carbonyl (C=O) groups is 1. The van der Waals surface area contributed by atoms with Gasteiger partial charge in [0.15, 0.2) is 17.2 Å². The summed E-state index contributed by atoms with van der Waals surface area (Å²) < 4.78 is 0. The number of phenolic OH excluding ortho intramolecular Hbond substituents is 4. The third-order valence-electron chi connectivity index (χ3n) is 2.72. The molecule has 104 valence electrons. The minimum atomic E-state index is -0.665. The number of hydrogen-bond donors (Lipinski definition) is 5. The Morgan fingerprint density at radius 1 is 0.950 bits per heavy atom. The number of aromatic hydroxyl groups is 4. The number of amides is 1. The number of anilines is 1. The van der Waals surface area contributed by atoms with Crippen LogP contribution in [0.4, 0.5) is 5.69 Å². The van der Waals surface area contributed by atoms with E-state index in [1.165, 1.54) is 12.1 Å². The van der Waals surface area contributed by atoms with Crippen LogP contribution in [-0.4, -0.2) is 26.3 Å². The maximum Gasteiger partial charge on any atom is 0.259 e. The van der Waals surface area contributed by atoms with Crippen LogP contribution >= 0.6 is 0 Å². The largest absolute Gasteiger partial charge is 0.507 e. The quantitative estimate of drug-likeness (QED) is 0.425. The Morgan fingerprint density at radius 2 is 1.55 bits per heavy atom. The molecular weight excluding hydrogens is 262 g/mol. The van der Waals surface area contributed by atoms with E-state index in [4.69, 9.17) is 0 Å². The molecule has 20 heavy (non-hydrogen) atoms. The van der Waals surface area contributed by atoms with Crippen LogP contribution in [0.1, 0.15) is 15.9 Å². The second-order valence-electron chi connectivity index (χ2n) is 4.34. The van der Waals surface area contributed by atoms with Crippen molar-refractivity contribution in [2.45, 2.75) is 6.92 Å². The van der Waals surface area contributed by atoms with Gasteiger partial charge in [0.1, 0.15) is 5.75 Å². The van der Waals surface area contributed by atoms with Crippen molar-refractivity contribution in [2.24, 2.45) is 0 Å². The smallest absolute Gasteiger partial charge is 0.259 e. The average molecular weight is 275 g/mol. The van der Waals surface area contributed by atoms with Gasteiger partial charge in [-0.15, -0.1) is 0 Å². The Labute approximate surface area is 114 Å². The van der Waals surface area contributed by atoms with Crippen molar-refractivity contribution in [2.75, 3.05) is 5.32 Å². The second-order valence-corrected chi connectivity index (χ2v) is 4.34. The SMILES string of the molecule is Cc1ccc(O)c(C(=O)Nc2cc(O)c(O)c(O)c2)c1. The molecule has 6 nitrogen and oxygen atoms in total. The van der Waals surface area contributed by atoms with Gasteiger partial charge in [0.25, 0.3) is 5.91 Å². The van der Waals surface area contributed by atoms with E-state index in [0.717, 1.165) is 17.7 Å². The van der Waals surface area contributed by atoms with Crippen LogP contribution < -0.4 is 5.32 Å².